The molecule has 1 heterocycles. The lowest BCUT2D eigenvalue weighted by atomic mass is 9.99. The minimum absolute atomic E-state index is 0. The van der Waals surface area contributed by atoms with Gasteiger partial charge in [-0.25, -0.2) is 0 Å². The third-order valence-electron chi connectivity index (χ3n) is 3.08. The Labute approximate surface area is 132 Å². The average molecular weight is 341 g/mol. The predicted octanol–water partition coefficient (Wildman–Crippen LogP) is 3.30. The molecule has 1 aliphatic rings. The van der Waals surface area contributed by atoms with E-state index in [1.807, 2.05) is 0 Å². The molecule has 1 amide bonds. The summed E-state index contributed by atoms with van der Waals surface area (Å²) in [6.45, 7) is -1.36. The van der Waals surface area contributed by atoms with E-state index < -0.39 is 6.61 Å². The second-order valence-electron chi connectivity index (χ2n) is 4.56. The van der Waals surface area contributed by atoms with Crippen molar-refractivity contribution in [2.45, 2.75) is 19.5 Å². The molecule has 0 saturated carbocycles. The van der Waals surface area contributed by atoms with Gasteiger partial charge in [0.05, 0.1) is 10.9 Å². The van der Waals surface area contributed by atoms with Crippen molar-refractivity contribution in [1.29, 1.82) is 0 Å². The largest absolute Gasteiger partial charge is 0.433 e. The first kappa shape index (κ1) is 17.9. The predicted molar refractivity (Wildman–Crippen MR) is 79.6 cm³/mol. The van der Waals surface area contributed by atoms with Crippen molar-refractivity contribution in [3.8, 4) is 5.75 Å². The number of piperidine rings is 1. The molecule has 0 bridgehead atoms. The molecule has 1 atom stereocenters. The summed E-state index contributed by atoms with van der Waals surface area (Å²) in [4.78, 5) is 12.0. The maximum Gasteiger partial charge on any atom is 0.387 e. The van der Waals surface area contributed by atoms with Crippen LogP contribution < -0.4 is 15.4 Å². The molecule has 118 valence electrons. The van der Waals surface area contributed by atoms with Crippen LogP contribution in [0.1, 0.15) is 12.8 Å². The highest BCUT2D eigenvalue weighted by Crippen LogP contribution is 2.29. The van der Waals surface area contributed by atoms with Crippen molar-refractivity contribution in [2.24, 2.45) is 5.92 Å². The summed E-state index contributed by atoms with van der Waals surface area (Å²) in [6, 6.07) is 4.19. The topological polar surface area (TPSA) is 50.4 Å². The van der Waals surface area contributed by atoms with Crippen LogP contribution in [0.2, 0.25) is 5.02 Å². The molecular formula is C13H16Cl2F2N2O2. The van der Waals surface area contributed by atoms with Crippen molar-refractivity contribution in [1.82, 2.24) is 5.32 Å². The smallest absolute Gasteiger partial charge is 0.387 e. The molecule has 4 nitrogen and oxygen atoms in total. The Hall–Kier alpha value is -1.11. The zero-order valence-electron chi connectivity index (χ0n) is 11.1. The Morgan fingerprint density at radius 1 is 1.48 bits per heavy atom. The fourth-order valence-corrected chi connectivity index (χ4v) is 2.32. The van der Waals surface area contributed by atoms with Crippen LogP contribution in [0.5, 0.6) is 5.75 Å². The highest BCUT2D eigenvalue weighted by atomic mass is 35.5. The lowest BCUT2D eigenvalue weighted by molar-refractivity contribution is -0.120. The van der Waals surface area contributed by atoms with Crippen LogP contribution in [-0.4, -0.2) is 25.6 Å². The van der Waals surface area contributed by atoms with E-state index in [9.17, 15) is 13.6 Å². The SMILES string of the molecule is Cl.O=C(Nc1ccc(OC(F)F)c(Cl)c1)[C@@H]1CCCNC1. The van der Waals surface area contributed by atoms with E-state index in [2.05, 4.69) is 15.4 Å². The number of anilines is 1. The van der Waals surface area contributed by atoms with E-state index in [0.29, 0.717) is 12.2 Å². The van der Waals surface area contributed by atoms with Crippen LogP contribution in [0.15, 0.2) is 18.2 Å². The molecule has 21 heavy (non-hydrogen) atoms. The zero-order chi connectivity index (χ0) is 14.5. The maximum atomic E-state index is 12.1. The third-order valence-corrected chi connectivity index (χ3v) is 3.38. The van der Waals surface area contributed by atoms with Gasteiger partial charge >= 0.3 is 6.61 Å². The first-order valence-corrected chi connectivity index (χ1v) is 6.70. The highest BCUT2D eigenvalue weighted by molar-refractivity contribution is 6.32. The molecule has 8 heteroatoms. The fraction of sp³-hybridized carbons (Fsp3) is 0.462. The lowest BCUT2D eigenvalue weighted by Crippen LogP contribution is -2.37. The van der Waals surface area contributed by atoms with E-state index in [4.69, 9.17) is 11.6 Å². The fourth-order valence-electron chi connectivity index (χ4n) is 2.09. The molecule has 1 saturated heterocycles. The van der Waals surface area contributed by atoms with Crippen molar-refractivity contribution < 1.29 is 18.3 Å². The molecule has 0 unspecified atom stereocenters. The van der Waals surface area contributed by atoms with Gasteiger partial charge in [-0.3, -0.25) is 4.79 Å². The maximum absolute atomic E-state index is 12.1. The molecular weight excluding hydrogens is 325 g/mol. The van der Waals surface area contributed by atoms with E-state index >= 15 is 0 Å². The molecule has 0 aromatic heterocycles. The number of hydrogen-bond acceptors (Lipinski definition) is 3. The summed E-state index contributed by atoms with van der Waals surface area (Å²) in [7, 11) is 0. The molecule has 2 rings (SSSR count). The standard InChI is InChI=1S/C13H15ClF2N2O2.ClH/c14-10-6-9(3-4-11(10)20-13(15)16)18-12(19)8-2-1-5-17-7-8;/h3-4,6,8,13,17H,1-2,5,7H2,(H,18,19);1H/t8-;/m1./s1. The van der Waals surface area contributed by atoms with E-state index in [1.54, 1.807) is 0 Å². The highest BCUT2D eigenvalue weighted by Gasteiger charge is 2.21. The van der Waals surface area contributed by atoms with Gasteiger partial charge in [-0.05, 0) is 37.6 Å². The second-order valence-corrected chi connectivity index (χ2v) is 4.96. The molecule has 0 spiro atoms. The van der Waals surface area contributed by atoms with Gasteiger partial charge < -0.3 is 15.4 Å². The number of carbonyl (C=O) groups excluding carboxylic acids is 1. The Bertz CT molecular complexity index is 483. The van der Waals surface area contributed by atoms with Crippen molar-refractivity contribution >= 4 is 35.6 Å². The normalized spacial score (nSPS) is 18.0. The molecule has 1 aliphatic heterocycles. The van der Waals surface area contributed by atoms with Crippen LogP contribution in [-0.2, 0) is 4.79 Å². The lowest BCUT2D eigenvalue weighted by Gasteiger charge is -2.22. The van der Waals surface area contributed by atoms with Crippen molar-refractivity contribution in [3.05, 3.63) is 23.2 Å². The molecule has 1 fully saturated rings. The number of carbonyl (C=O) groups is 1. The summed E-state index contributed by atoms with van der Waals surface area (Å²) in [5.41, 5.74) is 0.465. The van der Waals surface area contributed by atoms with Gasteiger partial charge in [0.15, 0.2) is 0 Å². The first-order valence-electron chi connectivity index (χ1n) is 6.32. The molecule has 1 aromatic rings. The summed E-state index contributed by atoms with van der Waals surface area (Å²) in [5.74, 6) is -0.297. The quantitative estimate of drug-likeness (QED) is 0.884. The van der Waals surface area contributed by atoms with Crippen molar-refractivity contribution in [2.75, 3.05) is 18.4 Å². The van der Waals surface area contributed by atoms with Crippen LogP contribution in [0.3, 0.4) is 0 Å². The number of ether oxygens (including phenoxy) is 1. The Balaban J connectivity index is 0.00000220. The molecule has 1 aromatic carbocycles. The minimum Gasteiger partial charge on any atom is -0.433 e. The van der Waals surface area contributed by atoms with Gasteiger partial charge in [-0.1, -0.05) is 11.6 Å². The monoisotopic (exact) mass is 340 g/mol. The molecule has 2 N–H and O–H groups in total. The van der Waals surface area contributed by atoms with Gasteiger partial charge in [-0.15, -0.1) is 12.4 Å². The van der Waals surface area contributed by atoms with Crippen LogP contribution >= 0.6 is 24.0 Å². The van der Waals surface area contributed by atoms with Crippen LogP contribution in [0.25, 0.3) is 0 Å². The number of hydrogen-bond donors (Lipinski definition) is 2. The van der Waals surface area contributed by atoms with E-state index in [1.165, 1.54) is 18.2 Å². The van der Waals surface area contributed by atoms with Gasteiger partial charge in [-0.2, -0.15) is 8.78 Å². The van der Waals surface area contributed by atoms with Gasteiger partial charge in [0.25, 0.3) is 0 Å². The number of halogens is 4. The molecule has 0 aliphatic carbocycles. The number of amides is 1. The number of rotatable bonds is 4. The van der Waals surface area contributed by atoms with Gasteiger partial charge in [0.1, 0.15) is 5.75 Å². The Kier molecular flexibility index (Phi) is 7.14. The summed E-state index contributed by atoms with van der Waals surface area (Å²) < 4.78 is 28.4. The van der Waals surface area contributed by atoms with E-state index in [-0.39, 0.29) is 35.0 Å². The van der Waals surface area contributed by atoms with E-state index in [0.717, 1.165) is 19.4 Å². The second kappa shape index (κ2) is 8.36. The average Bonchev–Trinajstić information content (AvgIpc) is 2.42. The van der Waals surface area contributed by atoms with Crippen LogP contribution in [0, 0.1) is 5.92 Å². The van der Waals surface area contributed by atoms with Crippen LogP contribution in [0.4, 0.5) is 14.5 Å². The number of nitrogens with one attached hydrogen (secondary N) is 2. The minimum atomic E-state index is -2.93. The summed E-state index contributed by atoms with van der Waals surface area (Å²) in [5, 5.41) is 5.91. The van der Waals surface area contributed by atoms with Gasteiger partial charge in [0, 0.05) is 12.2 Å². The Morgan fingerprint density at radius 2 is 2.24 bits per heavy atom. The Morgan fingerprint density at radius 3 is 2.81 bits per heavy atom. The van der Waals surface area contributed by atoms with Crippen molar-refractivity contribution in [3.63, 3.8) is 0 Å². The number of alkyl halides is 2. The molecule has 0 radical (unpaired) electrons. The number of benzene rings is 1. The van der Waals surface area contributed by atoms with Gasteiger partial charge in [0.2, 0.25) is 5.91 Å². The zero-order valence-corrected chi connectivity index (χ0v) is 12.6. The summed E-state index contributed by atoms with van der Waals surface area (Å²) in [6.07, 6.45) is 1.79. The summed E-state index contributed by atoms with van der Waals surface area (Å²) >= 11 is 5.82. The first-order chi connectivity index (χ1) is 9.56. The third kappa shape index (κ3) is 5.30.